The summed E-state index contributed by atoms with van der Waals surface area (Å²) in [5, 5.41) is 10.0. The Morgan fingerprint density at radius 3 is 2.26 bits per heavy atom. The molecule has 0 aliphatic carbocycles. The molecule has 0 bridgehead atoms. The molecule has 0 amide bonds. The van der Waals surface area contributed by atoms with Crippen molar-refractivity contribution in [1.82, 2.24) is 0 Å². The van der Waals surface area contributed by atoms with Gasteiger partial charge in [-0.1, -0.05) is 6.92 Å². The van der Waals surface area contributed by atoms with E-state index < -0.39 is 5.60 Å². The zero-order chi connectivity index (χ0) is 14.5. The molecule has 0 radical (unpaired) electrons. The van der Waals surface area contributed by atoms with Gasteiger partial charge in [-0.05, 0) is 45.4 Å². The van der Waals surface area contributed by atoms with Crippen molar-refractivity contribution < 1.29 is 19.4 Å². The molecule has 1 aromatic carbocycles. The maximum atomic E-state index is 12.2. The monoisotopic (exact) mass is 266 g/mol. The summed E-state index contributed by atoms with van der Waals surface area (Å²) < 4.78 is 10.9. The summed E-state index contributed by atoms with van der Waals surface area (Å²) >= 11 is 0. The van der Waals surface area contributed by atoms with Crippen LogP contribution < -0.4 is 9.47 Å². The van der Waals surface area contributed by atoms with E-state index in [0.717, 1.165) is 0 Å². The number of Topliss-reactive ketones (excluding diaryl/α,β-unsaturated/α-hetero) is 1. The molecule has 4 heteroatoms. The van der Waals surface area contributed by atoms with E-state index in [0.29, 0.717) is 36.7 Å². The van der Waals surface area contributed by atoms with Gasteiger partial charge in [-0.2, -0.15) is 0 Å². The number of ketones is 1. The molecule has 0 fully saturated rings. The minimum absolute atomic E-state index is 0.306. The third kappa shape index (κ3) is 3.70. The largest absolute Gasteiger partial charge is 0.490 e. The van der Waals surface area contributed by atoms with Crippen LogP contribution in [0.4, 0.5) is 0 Å². The molecule has 0 heterocycles. The Hall–Kier alpha value is -1.55. The highest BCUT2D eigenvalue weighted by molar-refractivity contribution is 6.02. The van der Waals surface area contributed by atoms with Gasteiger partial charge < -0.3 is 14.6 Å². The van der Waals surface area contributed by atoms with Gasteiger partial charge in [0.2, 0.25) is 0 Å². The summed E-state index contributed by atoms with van der Waals surface area (Å²) in [6.07, 6.45) is 0.364. The predicted octanol–water partition coefficient (Wildman–Crippen LogP) is 2.83. The molecule has 0 saturated carbocycles. The van der Waals surface area contributed by atoms with Crippen molar-refractivity contribution in [2.24, 2.45) is 0 Å². The molecule has 1 N–H and O–H groups in total. The number of carbonyl (C=O) groups is 1. The van der Waals surface area contributed by atoms with Crippen molar-refractivity contribution in [1.29, 1.82) is 0 Å². The average molecular weight is 266 g/mol. The van der Waals surface area contributed by atoms with Gasteiger partial charge in [0, 0.05) is 5.56 Å². The summed E-state index contributed by atoms with van der Waals surface area (Å²) in [6, 6.07) is 4.98. The first kappa shape index (κ1) is 15.5. The van der Waals surface area contributed by atoms with Crippen LogP contribution in [0.25, 0.3) is 0 Å². The second-order valence-corrected chi connectivity index (χ2v) is 4.48. The van der Waals surface area contributed by atoms with E-state index >= 15 is 0 Å². The highest BCUT2D eigenvalue weighted by Gasteiger charge is 2.29. The lowest BCUT2D eigenvalue weighted by atomic mass is 9.92. The molecule has 0 aromatic heterocycles. The Bertz CT molecular complexity index is 438. The predicted molar refractivity (Wildman–Crippen MR) is 74.0 cm³/mol. The first-order chi connectivity index (χ1) is 8.96. The van der Waals surface area contributed by atoms with Gasteiger partial charge in [-0.15, -0.1) is 0 Å². The lowest BCUT2D eigenvalue weighted by Gasteiger charge is -2.20. The van der Waals surface area contributed by atoms with E-state index in [9.17, 15) is 9.90 Å². The van der Waals surface area contributed by atoms with Crippen LogP contribution in [-0.4, -0.2) is 29.7 Å². The van der Waals surface area contributed by atoms with Crippen LogP contribution in [0.15, 0.2) is 18.2 Å². The zero-order valence-electron chi connectivity index (χ0n) is 12.0. The standard InChI is InChI=1S/C15H22O4/c1-5-15(4,17)14(16)11-8-9-12(18-6-2)13(10-11)19-7-3/h8-10,17H,5-7H2,1-4H3. The van der Waals surface area contributed by atoms with E-state index in [1.54, 1.807) is 25.1 Å². The van der Waals surface area contributed by atoms with Gasteiger partial charge in [0.05, 0.1) is 13.2 Å². The molecule has 1 rings (SSSR count). The lowest BCUT2D eigenvalue weighted by Crippen LogP contribution is -2.34. The van der Waals surface area contributed by atoms with Crippen molar-refractivity contribution >= 4 is 5.78 Å². The fraction of sp³-hybridized carbons (Fsp3) is 0.533. The smallest absolute Gasteiger partial charge is 0.194 e. The molecule has 0 saturated heterocycles. The Labute approximate surface area is 114 Å². The first-order valence-electron chi connectivity index (χ1n) is 6.63. The fourth-order valence-corrected chi connectivity index (χ4v) is 1.66. The Balaban J connectivity index is 3.10. The third-order valence-corrected chi connectivity index (χ3v) is 2.98. The van der Waals surface area contributed by atoms with E-state index in [4.69, 9.17) is 9.47 Å². The van der Waals surface area contributed by atoms with Crippen LogP contribution in [0, 0.1) is 0 Å². The number of ether oxygens (including phenoxy) is 2. The van der Waals surface area contributed by atoms with Gasteiger partial charge in [0.15, 0.2) is 17.3 Å². The molecule has 106 valence electrons. The number of rotatable bonds is 7. The molecule has 0 aliphatic heterocycles. The van der Waals surface area contributed by atoms with Gasteiger partial charge >= 0.3 is 0 Å². The minimum Gasteiger partial charge on any atom is -0.490 e. The topological polar surface area (TPSA) is 55.8 Å². The summed E-state index contributed by atoms with van der Waals surface area (Å²) in [7, 11) is 0. The van der Waals surface area contributed by atoms with Gasteiger partial charge in [-0.25, -0.2) is 0 Å². The summed E-state index contributed by atoms with van der Waals surface area (Å²) in [4.78, 5) is 12.2. The maximum absolute atomic E-state index is 12.2. The summed E-state index contributed by atoms with van der Waals surface area (Å²) in [6.45, 7) is 8.06. The number of hydrogen-bond acceptors (Lipinski definition) is 4. The molecule has 1 atom stereocenters. The van der Waals surface area contributed by atoms with Crippen molar-refractivity contribution in [3.63, 3.8) is 0 Å². The van der Waals surface area contributed by atoms with E-state index in [2.05, 4.69) is 0 Å². The van der Waals surface area contributed by atoms with Crippen LogP contribution >= 0.6 is 0 Å². The first-order valence-corrected chi connectivity index (χ1v) is 6.63. The Morgan fingerprint density at radius 2 is 1.74 bits per heavy atom. The van der Waals surface area contributed by atoms with Crippen LogP contribution in [0.1, 0.15) is 44.5 Å². The number of aliphatic hydroxyl groups is 1. The SMILES string of the molecule is CCOc1ccc(C(=O)C(C)(O)CC)cc1OCC. The summed E-state index contributed by atoms with van der Waals surface area (Å²) in [5.74, 6) is 0.832. The quantitative estimate of drug-likeness (QED) is 0.771. The van der Waals surface area contributed by atoms with Crippen molar-refractivity contribution in [3.8, 4) is 11.5 Å². The Kier molecular flexibility index (Phi) is 5.36. The maximum Gasteiger partial charge on any atom is 0.194 e. The van der Waals surface area contributed by atoms with Crippen LogP contribution in [0.2, 0.25) is 0 Å². The third-order valence-electron chi connectivity index (χ3n) is 2.98. The molecule has 19 heavy (non-hydrogen) atoms. The lowest BCUT2D eigenvalue weighted by molar-refractivity contribution is 0.0390. The van der Waals surface area contributed by atoms with E-state index in [-0.39, 0.29) is 5.78 Å². The molecule has 4 nitrogen and oxygen atoms in total. The van der Waals surface area contributed by atoms with Crippen molar-refractivity contribution in [2.75, 3.05) is 13.2 Å². The normalized spacial score (nSPS) is 13.7. The van der Waals surface area contributed by atoms with Crippen molar-refractivity contribution in [3.05, 3.63) is 23.8 Å². The van der Waals surface area contributed by atoms with Gasteiger partial charge in [0.1, 0.15) is 5.60 Å². The van der Waals surface area contributed by atoms with Crippen LogP contribution in [0.3, 0.4) is 0 Å². The Morgan fingerprint density at radius 1 is 1.16 bits per heavy atom. The second kappa shape index (κ2) is 6.57. The molecule has 0 spiro atoms. The molecule has 0 aliphatic rings. The van der Waals surface area contributed by atoms with Gasteiger partial charge in [-0.3, -0.25) is 4.79 Å². The number of carbonyl (C=O) groups excluding carboxylic acids is 1. The molecule has 1 unspecified atom stereocenters. The van der Waals surface area contributed by atoms with Gasteiger partial charge in [0.25, 0.3) is 0 Å². The van der Waals surface area contributed by atoms with E-state index in [1.165, 1.54) is 6.92 Å². The fourth-order valence-electron chi connectivity index (χ4n) is 1.66. The molecule has 1 aromatic rings. The zero-order valence-corrected chi connectivity index (χ0v) is 12.0. The molecular weight excluding hydrogens is 244 g/mol. The second-order valence-electron chi connectivity index (χ2n) is 4.48. The number of hydrogen-bond donors (Lipinski definition) is 1. The summed E-state index contributed by atoms with van der Waals surface area (Å²) in [5.41, 5.74) is -0.921. The minimum atomic E-state index is -1.35. The number of benzene rings is 1. The van der Waals surface area contributed by atoms with Crippen LogP contribution in [-0.2, 0) is 0 Å². The highest BCUT2D eigenvalue weighted by atomic mass is 16.5. The van der Waals surface area contributed by atoms with E-state index in [1.807, 2.05) is 13.8 Å². The highest BCUT2D eigenvalue weighted by Crippen LogP contribution is 2.30. The van der Waals surface area contributed by atoms with Crippen LogP contribution in [0.5, 0.6) is 11.5 Å². The molecular formula is C15H22O4. The van der Waals surface area contributed by atoms with Crippen molar-refractivity contribution in [2.45, 2.75) is 39.7 Å². The average Bonchev–Trinajstić information content (AvgIpc) is 2.40.